The van der Waals surface area contributed by atoms with Gasteiger partial charge in [0.05, 0.1) is 13.0 Å². The van der Waals surface area contributed by atoms with Gasteiger partial charge in [-0.15, -0.1) is 0 Å². The van der Waals surface area contributed by atoms with Gasteiger partial charge in [-0.3, -0.25) is 0 Å². The van der Waals surface area contributed by atoms with E-state index < -0.39 is 37.2 Å². The number of alkyl halides is 5. The van der Waals surface area contributed by atoms with Crippen LogP contribution in [0.1, 0.15) is 6.42 Å². The van der Waals surface area contributed by atoms with Crippen LogP contribution in [0.25, 0.3) is 0 Å². The highest BCUT2D eigenvalue weighted by atomic mass is 19.4. The Morgan fingerprint density at radius 1 is 1.44 bits per heavy atom. The quantitative estimate of drug-likeness (QED) is 0.449. The van der Waals surface area contributed by atoms with E-state index in [9.17, 15) is 26.7 Å². The van der Waals surface area contributed by atoms with Crippen molar-refractivity contribution in [1.29, 1.82) is 0 Å². The van der Waals surface area contributed by atoms with Gasteiger partial charge < -0.3 is 14.8 Å². The standard InChI is InChI=1S/C9H12F5NO3/c10-8(11)3-6(18-7(8)16)4-15-1-2-17-5-9(12,13)14/h6,15H,1-5H2. The van der Waals surface area contributed by atoms with Gasteiger partial charge in [0.25, 0.3) is 0 Å². The number of esters is 1. The topological polar surface area (TPSA) is 47.6 Å². The van der Waals surface area contributed by atoms with Gasteiger partial charge in [0.2, 0.25) is 0 Å². The fourth-order valence-corrected chi connectivity index (χ4v) is 1.36. The number of ether oxygens (including phenoxy) is 2. The molecule has 0 bridgehead atoms. The molecule has 4 nitrogen and oxygen atoms in total. The van der Waals surface area contributed by atoms with Crippen molar-refractivity contribution >= 4 is 5.97 Å². The maximum atomic E-state index is 12.7. The minimum Gasteiger partial charge on any atom is -0.456 e. The fourth-order valence-electron chi connectivity index (χ4n) is 1.36. The van der Waals surface area contributed by atoms with Gasteiger partial charge in [0.15, 0.2) is 0 Å². The lowest BCUT2D eigenvalue weighted by Gasteiger charge is -2.11. The normalized spacial score (nSPS) is 23.2. The van der Waals surface area contributed by atoms with E-state index in [1.807, 2.05) is 0 Å². The second-order valence-electron chi connectivity index (χ2n) is 3.81. The molecule has 1 heterocycles. The zero-order valence-corrected chi connectivity index (χ0v) is 9.23. The minimum atomic E-state index is -4.39. The smallest absolute Gasteiger partial charge is 0.411 e. The first-order valence-electron chi connectivity index (χ1n) is 5.15. The first-order chi connectivity index (χ1) is 8.21. The van der Waals surface area contributed by atoms with Crippen LogP contribution in [-0.4, -0.2) is 50.5 Å². The van der Waals surface area contributed by atoms with E-state index in [2.05, 4.69) is 14.8 Å². The summed E-state index contributed by atoms with van der Waals surface area (Å²) in [6.07, 6.45) is -6.07. The van der Waals surface area contributed by atoms with E-state index in [-0.39, 0.29) is 19.7 Å². The summed E-state index contributed by atoms with van der Waals surface area (Å²) < 4.78 is 69.0. The number of halogens is 5. The molecule has 0 amide bonds. The number of hydrogen-bond donors (Lipinski definition) is 1. The summed E-state index contributed by atoms with van der Waals surface area (Å²) in [5.41, 5.74) is 0. The highest BCUT2D eigenvalue weighted by Crippen LogP contribution is 2.30. The molecule has 0 saturated carbocycles. The Balaban J connectivity index is 2.05. The molecule has 1 N–H and O–H groups in total. The van der Waals surface area contributed by atoms with Gasteiger partial charge in [-0.25, -0.2) is 4.79 Å². The SMILES string of the molecule is O=C1OC(CNCCOCC(F)(F)F)CC1(F)F. The number of carbonyl (C=O) groups excluding carboxylic acids is 1. The molecule has 1 unspecified atom stereocenters. The van der Waals surface area contributed by atoms with Gasteiger partial charge in [-0.1, -0.05) is 0 Å². The molecule has 0 aliphatic carbocycles. The molecule has 0 aromatic heterocycles. The summed E-state index contributed by atoms with van der Waals surface area (Å²) in [5.74, 6) is -5.04. The summed E-state index contributed by atoms with van der Waals surface area (Å²) in [5, 5.41) is 2.57. The van der Waals surface area contributed by atoms with Crippen LogP contribution in [0.4, 0.5) is 22.0 Å². The number of cyclic esters (lactones) is 1. The second kappa shape index (κ2) is 5.79. The number of carbonyl (C=O) groups is 1. The molecular formula is C9H12F5NO3. The number of hydrogen-bond acceptors (Lipinski definition) is 4. The Morgan fingerprint density at radius 3 is 2.61 bits per heavy atom. The van der Waals surface area contributed by atoms with E-state index in [4.69, 9.17) is 0 Å². The maximum Gasteiger partial charge on any atom is 0.411 e. The van der Waals surface area contributed by atoms with Crippen molar-refractivity contribution in [2.24, 2.45) is 0 Å². The highest BCUT2D eigenvalue weighted by Gasteiger charge is 2.50. The number of rotatable bonds is 6. The van der Waals surface area contributed by atoms with Crippen molar-refractivity contribution in [3.05, 3.63) is 0 Å². The van der Waals surface area contributed by atoms with Crippen molar-refractivity contribution in [2.45, 2.75) is 24.6 Å². The first-order valence-corrected chi connectivity index (χ1v) is 5.15. The van der Waals surface area contributed by atoms with Crippen molar-refractivity contribution < 1.29 is 36.2 Å². The summed E-state index contributed by atoms with van der Waals surface area (Å²) in [6.45, 7) is -1.56. The Labute approximate surface area is 99.4 Å². The summed E-state index contributed by atoms with van der Waals surface area (Å²) >= 11 is 0. The van der Waals surface area contributed by atoms with Crippen LogP contribution in [0.2, 0.25) is 0 Å². The van der Waals surface area contributed by atoms with Gasteiger partial charge in [0, 0.05) is 13.1 Å². The molecule has 1 aliphatic rings. The molecule has 18 heavy (non-hydrogen) atoms. The van der Waals surface area contributed by atoms with Crippen LogP contribution in [0.15, 0.2) is 0 Å². The molecule has 106 valence electrons. The monoisotopic (exact) mass is 277 g/mol. The second-order valence-corrected chi connectivity index (χ2v) is 3.81. The Bertz CT molecular complexity index is 294. The predicted molar refractivity (Wildman–Crippen MR) is 49.2 cm³/mol. The van der Waals surface area contributed by atoms with Gasteiger partial charge in [0.1, 0.15) is 12.7 Å². The van der Waals surface area contributed by atoms with Crippen LogP contribution < -0.4 is 5.32 Å². The Kier molecular flexibility index (Phi) is 4.85. The third-order valence-corrected chi connectivity index (χ3v) is 2.12. The van der Waals surface area contributed by atoms with Gasteiger partial charge >= 0.3 is 18.1 Å². The summed E-state index contributed by atoms with van der Waals surface area (Å²) in [6, 6.07) is 0. The highest BCUT2D eigenvalue weighted by molar-refractivity contribution is 5.79. The fraction of sp³-hybridized carbons (Fsp3) is 0.889. The van der Waals surface area contributed by atoms with Crippen LogP contribution in [-0.2, 0) is 14.3 Å². The van der Waals surface area contributed by atoms with Crippen LogP contribution >= 0.6 is 0 Å². The average Bonchev–Trinajstić information content (AvgIpc) is 2.45. The average molecular weight is 277 g/mol. The minimum absolute atomic E-state index is 0.0449. The van der Waals surface area contributed by atoms with Crippen LogP contribution in [0.3, 0.4) is 0 Å². The molecule has 1 aliphatic heterocycles. The van der Waals surface area contributed by atoms with Crippen molar-refractivity contribution in [2.75, 3.05) is 26.3 Å². The molecule has 1 fully saturated rings. The molecule has 0 radical (unpaired) electrons. The molecular weight excluding hydrogens is 265 g/mol. The lowest BCUT2D eigenvalue weighted by Crippen LogP contribution is -2.30. The van der Waals surface area contributed by atoms with Crippen LogP contribution in [0.5, 0.6) is 0 Å². The summed E-state index contributed by atoms with van der Waals surface area (Å²) in [4.78, 5) is 10.6. The van der Waals surface area contributed by atoms with Crippen molar-refractivity contribution in [1.82, 2.24) is 5.32 Å². The van der Waals surface area contributed by atoms with E-state index in [0.29, 0.717) is 0 Å². The van der Waals surface area contributed by atoms with Crippen LogP contribution in [0, 0.1) is 0 Å². The molecule has 9 heteroatoms. The maximum absolute atomic E-state index is 12.7. The third kappa shape index (κ3) is 5.13. The lowest BCUT2D eigenvalue weighted by atomic mass is 10.2. The van der Waals surface area contributed by atoms with Crippen molar-refractivity contribution in [3.63, 3.8) is 0 Å². The van der Waals surface area contributed by atoms with Crippen molar-refractivity contribution in [3.8, 4) is 0 Å². The number of nitrogens with one attached hydrogen (secondary N) is 1. The zero-order chi connectivity index (χ0) is 13.8. The van der Waals surface area contributed by atoms with Gasteiger partial charge in [-0.05, 0) is 0 Å². The Morgan fingerprint density at radius 2 is 2.11 bits per heavy atom. The molecule has 1 rings (SSSR count). The van der Waals surface area contributed by atoms with E-state index in [0.717, 1.165) is 0 Å². The molecule has 1 atom stereocenters. The summed E-state index contributed by atoms with van der Waals surface area (Å²) in [7, 11) is 0. The largest absolute Gasteiger partial charge is 0.456 e. The molecule has 0 aromatic rings. The molecule has 0 aromatic carbocycles. The zero-order valence-electron chi connectivity index (χ0n) is 9.23. The molecule has 0 spiro atoms. The molecule has 1 saturated heterocycles. The Hall–Kier alpha value is -0.960. The first kappa shape index (κ1) is 15.1. The van der Waals surface area contributed by atoms with Gasteiger partial charge in [-0.2, -0.15) is 22.0 Å². The lowest BCUT2D eigenvalue weighted by molar-refractivity contribution is -0.173. The van der Waals surface area contributed by atoms with E-state index in [1.165, 1.54) is 0 Å². The van der Waals surface area contributed by atoms with E-state index >= 15 is 0 Å². The predicted octanol–water partition coefficient (Wildman–Crippen LogP) is 1.11. The van der Waals surface area contributed by atoms with E-state index in [1.54, 1.807) is 0 Å². The third-order valence-electron chi connectivity index (χ3n) is 2.12.